The molecule has 0 saturated heterocycles. The van der Waals surface area contributed by atoms with E-state index < -0.39 is 33.9 Å². The molecule has 26 heavy (non-hydrogen) atoms. The van der Waals surface area contributed by atoms with E-state index in [1.165, 1.54) is 23.1 Å². The van der Waals surface area contributed by atoms with Gasteiger partial charge in [0.05, 0.1) is 16.2 Å². The maximum Gasteiger partial charge on any atom is 0.416 e. The van der Waals surface area contributed by atoms with E-state index in [0.717, 1.165) is 0 Å². The highest BCUT2D eigenvalue weighted by molar-refractivity contribution is 6.31. The Hall–Kier alpha value is -2.55. The number of nitrogens with zero attached hydrogens (tertiary/aromatic N) is 2. The van der Waals surface area contributed by atoms with Crippen LogP contribution >= 0.6 is 11.6 Å². The molecule has 0 bridgehead atoms. The van der Waals surface area contributed by atoms with Crippen LogP contribution in [0.4, 0.5) is 34.6 Å². The number of nitro groups is 1. The Morgan fingerprint density at radius 1 is 1.31 bits per heavy atom. The van der Waals surface area contributed by atoms with Crippen LogP contribution in [0, 0.1) is 15.9 Å². The second-order valence-electron chi connectivity index (χ2n) is 5.40. The van der Waals surface area contributed by atoms with Crippen molar-refractivity contribution in [2.45, 2.75) is 19.6 Å². The number of hydrogen-bond acceptors (Lipinski definition) is 4. The Bertz CT molecular complexity index is 823. The fourth-order valence-electron chi connectivity index (χ4n) is 2.51. The SMILES string of the molecule is CCN(Cc1c(F)cccc1Cl)c1c(N)cc(C(F)(F)F)cc1[N+](=O)[O-]. The number of halogens is 5. The molecule has 2 rings (SSSR count). The molecule has 0 aliphatic heterocycles. The van der Waals surface area contributed by atoms with Crippen LogP contribution < -0.4 is 10.6 Å². The predicted octanol–water partition coefficient (Wildman–Crippen LogP) is 5.01. The van der Waals surface area contributed by atoms with Gasteiger partial charge in [-0.3, -0.25) is 10.1 Å². The van der Waals surface area contributed by atoms with E-state index in [4.69, 9.17) is 17.3 Å². The minimum Gasteiger partial charge on any atom is -0.397 e. The van der Waals surface area contributed by atoms with Crippen molar-refractivity contribution in [1.29, 1.82) is 0 Å². The maximum absolute atomic E-state index is 14.0. The smallest absolute Gasteiger partial charge is 0.397 e. The molecule has 2 N–H and O–H groups in total. The van der Waals surface area contributed by atoms with Gasteiger partial charge < -0.3 is 10.6 Å². The van der Waals surface area contributed by atoms with E-state index in [0.29, 0.717) is 12.1 Å². The van der Waals surface area contributed by atoms with Gasteiger partial charge in [0.2, 0.25) is 0 Å². The summed E-state index contributed by atoms with van der Waals surface area (Å²) < 4.78 is 52.8. The highest BCUT2D eigenvalue weighted by Gasteiger charge is 2.35. The van der Waals surface area contributed by atoms with Crippen LogP contribution in [0.1, 0.15) is 18.1 Å². The lowest BCUT2D eigenvalue weighted by atomic mass is 10.1. The van der Waals surface area contributed by atoms with Gasteiger partial charge in [0.25, 0.3) is 5.69 Å². The molecule has 0 saturated carbocycles. The van der Waals surface area contributed by atoms with Crippen LogP contribution in [0.15, 0.2) is 30.3 Å². The molecule has 2 aromatic rings. The molecule has 0 aliphatic rings. The third kappa shape index (κ3) is 3.98. The van der Waals surface area contributed by atoms with Gasteiger partial charge in [0.15, 0.2) is 0 Å². The van der Waals surface area contributed by atoms with Crippen molar-refractivity contribution in [3.8, 4) is 0 Å². The molecular formula is C16H14ClF4N3O2. The van der Waals surface area contributed by atoms with Gasteiger partial charge in [-0.05, 0) is 25.1 Å². The first kappa shape index (κ1) is 19.8. The van der Waals surface area contributed by atoms with Crippen molar-refractivity contribution in [2.75, 3.05) is 17.2 Å². The Morgan fingerprint density at radius 2 is 1.96 bits per heavy atom. The van der Waals surface area contributed by atoms with Gasteiger partial charge in [-0.25, -0.2) is 4.39 Å². The fraction of sp³-hybridized carbons (Fsp3) is 0.250. The molecule has 0 fully saturated rings. The molecule has 2 aromatic carbocycles. The minimum atomic E-state index is -4.79. The highest BCUT2D eigenvalue weighted by atomic mass is 35.5. The predicted molar refractivity (Wildman–Crippen MR) is 90.6 cm³/mol. The number of anilines is 2. The number of nitrogen functional groups attached to an aromatic ring is 1. The largest absolute Gasteiger partial charge is 0.416 e. The van der Waals surface area contributed by atoms with Gasteiger partial charge in [-0.1, -0.05) is 17.7 Å². The summed E-state index contributed by atoms with van der Waals surface area (Å²) in [5.41, 5.74) is 3.06. The molecule has 0 amide bonds. The quantitative estimate of drug-likeness (QED) is 0.336. The van der Waals surface area contributed by atoms with Gasteiger partial charge in [0, 0.05) is 29.7 Å². The fourth-order valence-corrected chi connectivity index (χ4v) is 2.73. The summed E-state index contributed by atoms with van der Waals surface area (Å²) in [5, 5.41) is 11.4. The number of rotatable bonds is 5. The van der Waals surface area contributed by atoms with Crippen LogP contribution in [0.5, 0.6) is 0 Å². The Morgan fingerprint density at radius 3 is 2.46 bits per heavy atom. The van der Waals surface area contributed by atoms with Crippen LogP contribution in [0.2, 0.25) is 5.02 Å². The summed E-state index contributed by atoms with van der Waals surface area (Å²) in [4.78, 5) is 11.7. The molecule has 5 nitrogen and oxygen atoms in total. The van der Waals surface area contributed by atoms with Crippen LogP contribution in [-0.2, 0) is 12.7 Å². The summed E-state index contributed by atoms with van der Waals surface area (Å²) in [6.45, 7) is 1.54. The van der Waals surface area contributed by atoms with Gasteiger partial charge in [0.1, 0.15) is 11.5 Å². The molecule has 0 spiro atoms. The number of alkyl halides is 3. The summed E-state index contributed by atoms with van der Waals surface area (Å²) in [7, 11) is 0. The number of nitro benzene ring substituents is 1. The van der Waals surface area contributed by atoms with E-state index in [-0.39, 0.29) is 29.4 Å². The van der Waals surface area contributed by atoms with Crippen molar-refractivity contribution in [2.24, 2.45) is 0 Å². The van der Waals surface area contributed by atoms with Crippen molar-refractivity contribution in [1.82, 2.24) is 0 Å². The van der Waals surface area contributed by atoms with E-state index in [2.05, 4.69) is 0 Å². The number of hydrogen-bond donors (Lipinski definition) is 1. The molecule has 140 valence electrons. The average molecular weight is 392 g/mol. The first-order valence-electron chi connectivity index (χ1n) is 7.39. The third-order valence-corrected chi connectivity index (χ3v) is 4.11. The molecule has 0 aromatic heterocycles. The zero-order valence-corrected chi connectivity index (χ0v) is 14.2. The van der Waals surface area contributed by atoms with E-state index in [1.54, 1.807) is 6.92 Å². The average Bonchev–Trinajstić information content (AvgIpc) is 2.53. The second kappa shape index (κ2) is 7.36. The van der Waals surface area contributed by atoms with Crippen LogP contribution in [0.25, 0.3) is 0 Å². The summed E-state index contributed by atoms with van der Waals surface area (Å²) in [6, 6.07) is 5.04. The Balaban J connectivity index is 2.58. The lowest BCUT2D eigenvalue weighted by Gasteiger charge is -2.25. The zero-order chi connectivity index (χ0) is 19.6. The van der Waals surface area contributed by atoms with Crippen molar-refractivity contribution >= 4 is 28.7 Å². The van der Waals surface area contributed by atoms with Crippen molar-refractivity contribution < 1.29 is 22.5 Å². The lowest BCUT2D eigenvalue weighted by molar-refractivity contribution is -0.384. The molecule has 10 heteroatoms. The van der Waals surface area contributed by atoms with Crippen molar-refractivity contribution in [3.05, 3.63) is 62.4 Å². The van der Waals surface area contributed by atoms with Crippen molar-refractivity contribution in [3.63, 3.8) is 0 Å². The molecule has 0 atom stereocenters. The number of benzene rings is 2. The van der Waals surface area contributed by atoms with Crippen LogP contribution in [0.3, 0.4) is 0 Å². The molecule has 0 unspecified atom stereocenters. The zero-order valence-electron chi connectivity index (χ0n) is 13.5. The summed E-state index contributed by atoms with van der Waals surface area (Å²) in [6.07, 6.45) is -4.79. The van der Waals surface area contributed by atoms with Gasteiger partial charge >= 0.3 is 6.18 Å². The molecular weight excluding hydrogens is 378 g/mol. The Kier molecular flexibility index (Phi) is 5.60. The minimum absolute atomic E-state index is 0.0598. The highest BCUT2D eigenvalue weighted by Crippen LogP contribution is 2.41. The maximum atomic E-state index is 14.0. The molecule has 0 aliphatic carbocycles. The monoisotopic (exact) mass is 391 g/mol. The first-order valence-corrected chi connectivity index (χ1v) is 7.77. The first-order chi connectivity index (χ1) is 12.1. The Labute approximate surface area is 151 Å². The molecule has 0 heterocycles. The standard InChI is InChI=1S/C16H14ClF4N3O2/c1-2-23(8-10-11(17)4-3-5-12(10)18)15-13(22)6-9(16(19,20)21)7-14(15)24(25)26/h3-7H,2,8,22H2,1H3. The normalized spacial score (nSPS) is 11.5. The van der Waals surface area contributed by atoms with Gasteiger partial charge in [-0.2, -0.15) is 13.2 Å². The van der Waals surface area contributed by atoms with E-state index in [1.807, 2.05) is 0 Å². The van der Waals surface area contributed by atoms with Gasteiger partial charge in [-0.15, -0.1) is 0 Å². The number of nitrogens with two attached hydrogens (primary N) is 1. The van der Waals surface area contributed by atoms with E-state index in [9.17, 15) is 27.7 Å². The summed E-state index contributed by atoms with van der Waals surface area (Å²) in [5.74, 6) is -0.635. The second-order valence-corrected chi connectivity index (χ2v) is 5.81. The topological polar surface area (TPSA) is 72.4 Å². The van der Waals surface area contributed by atoms with E-state index >= 15 is 0 Å². The summed E-state index contributed by atoms with van der Waals surface area (Å²) >= 11 is 5.96. The third-order valence-electron chi connectivity index (χ3n) is 3.75. The lowest BCUT2D eigenvalue weighted by Crippen LogP contribution is -2.25. The molecule has 0 radical (unpaired) electrons. The van der Waals surface area contributed by atoms with Crippen LogP contribution in [-0.4, -0.2) is 11.5 Å².